The van der Waals surface area contributed by atoms with E-state index in [9.17, 15) is 18.0 Å². The van der Waals surface area contributed by atoms with Gasteiger partial charge in [-0.2, -0.15) is 13.2 Å². The molecule has 0 N–H and O–H groups in total. The van der Waals surface area contributed by atoms with Crippen LogP contribution in [0.5, 0.6) is 0 Å². The number of nitrogens with zero attached hydrogens (tertiary/aromatic N) is 6. The average Bonchev–Trinajstić information content (AvgIpc) is 3.44. The van der Waals surface area contributed by atoms with Gasteiger partial charge in [0, 0.05) is 54.9 Å². The highest BCUT2D eigenvalue weighted by atomic mass is 19.4. The van der Waals surface area contributed by atoms with Gasteiger partial charge in [0.05, 0.1) is 11.0 Å². The minimum atomic E-state index is -4.42. The van der Waals surface area contributed by atoms with Gasteiger partial charge in [0.2, 0.25) is 0 Å². The summed E-state index contributed by atoms with van der Waals surface area (Å²) < 4.78 is 41.0. The number of hydrogen-bond donors (Lipinski definition) is 0. The van der Waals surface area contributed by atoms with Gasteiger partial charge in [0.1, 0.15) is 18.7 Å². The Labute approximate surface area is 186 Å². The average molecular weight is 452 g/mol. The number of likely N-dealkylation sites (tertiary alicyclic amines) is 1. The van der Waals surface area contributed by atoms with E-state index in [1.54, 1.807) is 41.6 Å². The number of fused-ring (bicyclic) bond motifs is 1. The molecule has 1 aliphatic heterocycles. The van der Waals surface area contributed by atoms with Crippen molar-refractivity contribution in [1.29, 1.82) is 0 Å². The first-order chi connectivity index (χ1) is 15.9. The van der Waals surface area contributed by atoms with Gasteiger partial charge >= 0.3 is 6.18 Å². The first-order valence-corrected chi connectivity index (χ1v) is 10.4. The van der Waals surface area contributed by atoms with Crippen molar-refractivity contribution in [2.75, 3.05) is 13.1 Å². The molecule has 5 rings (SSSR count). The molecular formula is C23H19F3N6O. The van der Waals surface area contributed by atoms with E-state index in [0.717, 1.165) is 16.6 Å². The second-order valence-electron chi connectivity index (χ2n) is 7.98. The highest BCUT2D eigenvalue weighted by Crippen LogP contribution is 2.31. The molecule has 33 heavy (non-hydrogen) atoms. The minimum Gasteiger partial charge on any atom is -0.338 e. The van der Waals surface area contributed by atoms with Crippen LogP contribution in [-0.2, 0) is 6.54 Å². The molecule has 1 saturated heterocycles. The zero-order chi connectivity index (χ0) is 23.0. The molecule has 3 aromatic heterocycles. The Morgan fingerprint density at radius 3 is 2.55 bits per heavy atom. The van der Waals surface area contributed by atoms with E-state index in [2.05, 4.69) is 19.9 Å². The van der Waals surface area contributed by atoms with Crippen molar-refractivity contribution in [2.45, 2.75) is 25.1 Å². The first kappa shape index (κ1) is 21.0. The standard InChI is InChI=1S/C23H19F3N6O/c24-23(25,26)13-32-20-2-1-16(9-19(20)30-21(32)15-3-6-27-7-4-15)22(33)31-8-5-17(12-31)18-10-28-14-29-11-18/h1-4,6-7,9-11,14,17H,5,8,12-13H2. The lowest BCUT2D eigenvalue weighted by molar-refractivity contribution is -0.139. The monoisotopic (exact) mass is 452 g/mol. The van der Waals surface area contributed by atoms with Crippen LogP contribution in [-0.4, -0.2) is 54.6 Å². The number of hydrogen-bond acceptors (Lipinski definition) is 5. The number of alkyl halides is 3. The van der Waals surface area contributed by atoms with Gasteiger partial charge in [-0.15, -0.1) is 0 Å². The summed E-state index contributed by atoms with van der Waals surface area (Å²) in [6.07, 6.45) is 4.36. The fourth-order valence-corrected chi connectivity index (χ4v) is 4.24. The van der Waals surface area contributed by atoms with Crippen LogP contribution < -0.4 is 0 Å². The van der Waals surface area contributed by atoms with Crippen LogP contribution in [0.15, 0.2) is 61.4 Å². The van der Waals surface area contributed by atoms with E-state index in [4.69, 9.17) is 0 Å². The summed E-state index contributed by atoms with van der Waals surface area (Å²) >= 11 is 0. The third-order valence-corrected chi connectivity index (χ3v) is 5.80. The van der Waals surface area contributed by atoms with Crippen LogP contribution in [0.25, 0.3) is 22.4 Å². The van der Waals surface area contributed by atoms with Crippen LogP contribution in [0.1, 0.15) is 28.3 Å². The Hall–Kier alpha value is -3.82. The van der Waals surface area contributed by atoms with Crippen molar-refractivity contribution in [3.05, 3.63) is 72.6 Å². The highest BCUT2D eigenvalue weighted by molar-refractivity contribution is 5.98. The fourth-order valence-electron chi connectivity index (χ4n) is 4.24. The smallest absolute Gasteiger partial charge is 0.338 e. The molecule has 168 valence electrons. The highest BCUT2D eigenvalue weighted by Gasteiger charge is 2.32. The van der Waals surface area contributed by atoms with Crippen molar-refractivity contribution >= 4 is 16.9 Å². The van der Waals surface area contributed by atoms with Crippen molar-refractivity contribution in [3.8, 4) is 11.4 Å². The number of aromatic nitrogens is 5. The Morgan fingerprint density at radius 2 is 1.82 bits per heavy atom. The first-order valence-electron chi connectivity index (χ1n) is 10.4. The maximum atomic E-state index is 13.3. The van der Waals surface area contributed by atoms with Crippen LogP contribution in [0, 0.1) is 0 Å². The number of amides is 1. The van der Waals surface area contributed by atoms with E-state index in [0.29, 0.717) is 35.2 Å². The third-order valence-electron chi connectivity index (χ3n) is 5.80. The minimum absolute atomic E-state index is 0.156. The van der Waals surface area contributed by atoms with Crippen molar-refractivity contribution in [2.24, 2.45) is 0 Å². The molecule has 10 heteroatoms. The molecule has 0 saturated carbocycles. The second kappa shape index (κ2) is 8.27. The molecular weight excluding hydrogens is 433 g/mol. The van der Waals surface area contributed by atoms with Gasteiger partial charge in [-0.3, -0.25) is 9.78 Å². The number of halogens is 3. The fraction of sp³-hybridized carbons (Fsp3) is 0.261. The van der Waals surface area contributed by atoms with E-state index in [1.807, 2.05) is 0 Å². The molecule has 0 aliphatic carbocycles. The molecule has 4 aromatic rings. The SMILES string of the molecule is O=C(c1ccc2c(c1)nc(-c1ccncc1)n2CC(F)(F)F)N1CCC(c2cncnc2)C1. The summed E-state index contributed by atoms with van der Waals surface area (Å²) in [6, 6.07) is 7.88. The molecule has 1 amide bonds. The molecule has 1 fully saturated rings. The molecule has 0 bridgehead atoms. The lowest BCUT2D eigenvalue weighted by Crippen LogP contribution is -2.28. The molecule has 1 atom stereocenters. The lowest BCUT2D eigenvalue weighted by atomic mass is 10.0. The Balaban J connectivity index is 1.46. The van der Waals surface area contributed by atoms with Crippen LogP contribution >= 0.6 is 0 Å². The third kappa shape index (κ3) is 4.28. The van der Waals surface area contributed by atoms with Gasteiger partial charge in [-0.05, 0) is 42.3 Å². The van der Waals surface area contributed by atoms with Crippen molar-refractivity contribution in [1.82, 2.24) is 29.4 Å². The topological polar surface area (TPSA) is 76.8 Å². The van der Waals surface area contributed by atoms with Crippen molar-refractivity contribution < 1.29 is 18.0 Å². The van der Waals surface area contributed by atoms with Crippen molar-refractivity contribution in [3.63, 3.8) is 0 Å². The van der Waals surface area contributed by atoms with Crippen LogP contribution in [0.3, 0.4) is 0 Å². The maximum Gasteiger partial charge on any atom is 0.406 e. The molecule has 7 nitrogen and oxygen atoms in total. The number of benzene rings is 1. The number of pyridine rings is 1. The molecule has 0 radical (unpaired) electrons. The van der Waals surface area contributed by atoms with Gasteiger partial charge in [-0.1, -0.05) is 0 Å². The quantitative estimate of drug-likeness (QED) is 0.466. The van der Waals surface area contributed by atoms with E-state index < -0.39 is 12.7 Å². The summed E-state index contributed by atoms with van der Waals surface area (Å²) in [4.78, 5) is 31.3. The lowest BCUT2D eigenvalue weighted by Gasteiger charge is -2.17. The molecule has 4 heterocycles. The predicted molar refractivity (Wildman–Crippen MR) is 114 cm³/mol. The summed E-state index contributed by atoms with van der Waals surface area (Å²) in [5, 5.41) is 0. The van der Waals surface area contributed by atoms with Crippen LogP contribution in [0.4, 0.5) is 13.2 Å². The van der Waals surface area contributed by atoms with Gasteiger partial charge in [0.25, 0.3) is 5.91 Å². The summed E-state index contributed by atoms with van der Waals surface area (Å²) in [5.41, 5.74) is 2.55. The second-order valence-corrected chi connectivity index (χ2v) is 7.98. The number of rotatable bonds is 4. The van der Waals surface area contributed by atoms with E-state index >= 15 is 0 Å². The zero-order valence-electron chi connectivity index (χ0n) is 17.4. The molecule has 1 aliphatic rings. The summed E-state index contributed by atoms with van der Waals surface area (Å²) in [6.45, 7) is -0.0579. The predicted octanol–water partition coefficient (Wildman–Crippen LogP) is 4.08. The van der Waals surface area contributed by atoms with Gasteiger partial charge < -0.3 is 9.47 Å². The molecule has 0 spiro atoms. The maximum absolute atomic E-state index is 13.3. The molecule has 1 aromatic carbocycles. The Morgan fingerprint density at radius 1 is 1.06 bits per heavy atom. The Kier molecular flexibility index (Phi) is 5.27. The van der Waals surface area contributed by atoms with Gasteiger partial charge in [0.15, 0.2) is 0 Å². The Bertz CT molecular complexity index is 1290. The number of imidazole rings is 1. The van der Waals surface area contributed by atoms with Crippen LogP contribution in [0.2, 0.25) is 0 Å². The normalized spacial score (nSPS) is 16.5. The number of carbonyl (C=O) groups is 1. The summed E-state index contributed by atoms with van der Waals surface area (Å²) in [7, 11) is 0. The number of carbonyl (C=O) groups excluding carboxylic acids is 1. The largest absolute Gasteiger partial charge is 0.406 e. The summed E-state index contributed by atoms with van der Waals surface area (Å²) in [5.74, 6) is 0.162. The van der Waals surface area contributed by atoms with E-state index in [-0.39, 0.29) is 17.6 Å². The van der Waals surface area contributed by atoms with Gasteiger partial charge in [-0.25, -0.2) is 15.0 Å². The zero-order valence-corrected chi connectivity index (χ0v) is 17.4. The van der Waals surface area contributed by atoms with E-state index in [1.165, 1.54) is 24.8 Å². The molecule has 1 unspecified atom stereocenters.